The van der Waals surface area contributed by atoms with Crippen molar-refractivity contribution < 1.29 is 9.18 Å². The van der Waals surface area contributed by atoms with Crippen molar-refractivity contribution in [3.63, 3.8) is 0 Å². The van der Waals surface area contributed by atoms with E-state index in [1.54, 1.807) is 13.0 Å². The van der Waals surface area contributed by atoms with E-state index in [4.69, 9.17) is 23.2 Å². The molecule has 3 rings (SSSR count). The van der Waals surface area contributed by atoms with Crippen LogP contribution in [0.2, 0.25) is 10.2 Å². The molecule has 1 amide bonds. The highest BCUT2D eigenvalue weighted by Crippen LogP contribution is 2.20. The van der Waals surface area contributed by atoms with Gasteiger partial charge in [-0.05, 0) is 24.6 Å². The zero-order valence-corrected chi connectivity index (χ0v) is 14.4. The topological polar surface area (TPSA) is 81.3 Å². The van der Waals surface area contributed by atoms with E-state index in [0.717, 1.165) is 4.68 Å². The molecular weight excluding hydrogens is 372 g/mol. The van der Waals surface area contributed by atoms with Gasteiger partial charge in [-0.15, -0.1) is 5.10 Å². The summed E-state index contributed by atoms with van der Waals surface area (Å²) in [5.74, 6) is -1.02. The quantitative estimate of drug-likeness (QED) is 0.748. The van der Waals surface area contributed by atoms with Gasteiger partial charge < -0.3 is 5.32 Å². The van der Waals surface area contributed by atoms with Crippen LogP contribution < -0.4 is 11.0 Å². The van der Waals surface area contributed by atoms with Crippen molar-refractivity contribution in [2.24, 2.45) is 0 Å². The molecule has 3 aromatic rings. The van der Waals surface area contributed by atoms with E-state index >= 15 is 0 Å². The number of fused-ring (bicyclic) bond motifs is 1. The average Bonchev–Trinajstić information content (AvgIpc) is 2.86. The van der Waals surface area contributed by atoms with Crippen LogP contribution in [0, 0.1) is 5.82 Å². The van der Waals surface area contributed by atoms with Crippen molar-refractivity contribution in [1.82, 2.24) is 24.5 Å². The third kappa shape index (κ3) is 3.64. The number of benzene rings is 1. The van der Waals surface area contributed by atoms with Gasteiger partial charge in [-0.2, -0.15) is 0 Å². The zero-order chi connectivity index (χ0) is 18.1. The van der Waals surface area contributed by atoms with Crippen LogP contribution in [0.1, 0.15) is 18.5 Å². The molecule has 0 saturated heterocycles. The summed E-state index contributed by atoms with van der Waals surface area (Å²) in [6.45, 7) is 1.40. The van der Waals surface area contributed by atoms with Gasteiger partial charge in [0.1, 0.15) is 17.5 Å². The number of rotatable bonds is 4. The first-order valence-electron chi connectivity index (χ1n) is 7.20. The molecule has 130 valence electrons. The Morgan fingerprint density at radius 2 is 2.16 bits per heavy atom. The molecule has 0 radical (unpaired) electrons. The van der Waals surface area contributed by atoms with E-state index in [0.29, 0.717) is 5.56 Å². The van der Waals surface area contributed by atoms with Crippen LogP contribution in [0.3, 0.4) is 0 Å². The summed E-state index contributed by atoms with van der Waals surface area (Å²) < 4.78 is 15.7. The Hall–Kier alpha value is -2.45. The molecule has 0 aliphatic heterocycles. The van der Waals surface area contributed by atoms with Crippen molar-refractivity contribution in [2.45, 2.75) is 19.5 Å². The van der Waals surface area contributed by atoms with Crippen LogP contribution >= 0.6 is 23.2 Å². The van der Waals surface area contributed by atoms with E-state index in [9.17, 15) is 14.0 Å². The molecule has 0 aliphatic rings. The van der Waals surface area contributed by atoms with Gasteiger partial charge in [0, 0.05) is 0 Å². The molecule has 0 spiro atoms. The standard InChI is InChI=1S/C15H12Cl2FN5O2/c1-8(9-2-3-10(16)11(18)4-9)20-14(24)7-23-15(25)22-6-12(17)19-5-13(22)21-23/h2-6,8H,7H2,1H3,(H,20,24)/t8-/m0/s1. The molecule has 1 aromatic carbocycles. The van der Waals surface area contributed by atoms with Crippen LogP contribution in [0.25, 0.3) is 5.65 Å². The highest BCUT2D eigenvalue weighted by molar-refractivity contribution is 6.30. The van der Waals surface area contributed by atoms with Crippen molar-refractivity contribution in [3.8, 4) is 0 Å². The van der Waals surface area contributed by atoms with E-state index in [1.807, 2.05) is 0 Å². The summed E-state index contributed by atoms with van der Waals surface area (Å²) in [5.41, 5.74) is 0.309. The second kappa shape index (κ2) is 6.81. The molecule has 7 nitrogen and oxygen atoms in total. The molecule has 0 saturated carbocycles. The lowest BCUT2D eigenvalue weighted by Gasteiger charge is -2.14. The van der Waals surface area contributed by atoms with Crippen LogP contribution in [-0.2, 0) is 11.3 Å². The minimum atomic E-state index is -0.568. The highest BCUT2D eigenvalue weighted by atomic mass is 35.5. The molecule has 10 heteroatoms. The number of hydrogen-bond acceptors (Lipinski definition) is 4. The largest absolute Gasteiger partial charge is 0.350 e. The number of halogens is 3. The molecular formula is C15H12Cl2FN5O2. The van der Waals surface area contributed by atoms with Gasteiger partial charge in [0.25, 0.3) is 0 Å². The first-order chi connectivity index (χ1) is 11.8. The van der Waals surface area contributed by atoms with Crippen molar-refractivity contribution >= 4 is 34.8 Å². The van der Waals surface area contributed by atoms with Crippen molar-refractivity contribution in [2.75, 3.05) is 0 Å². The summed E-state index contributed by atoms with van der Waals surface area (Å²) in [4.78, 5) is 28.2. The maximum atomic E-state index is 13.5. The summed E-state index contributed by atoms with van der Waals surface area (Å²) >= 11 is 11.4. The maximum Gasteiger partial charge on any atom is 0.350 e. The van der Waals surface area contributed by atoms with Gasteiger partial charge in [-0.3, -0.25) is 4.79 Å². The average molecular weight is 384 g/mol. The Balaban J connectivity index is 1.75. The third-order valence-electron chi connectivity index (χ3n) is 3.55. The summed E-state index contributed by atoms with van der Waals surface area (Å²) in [6.07, 6.45) is 2.65. The van der Waals surface area contributed by atoms with Crippen LogP contribution in [0.4, 0.5) is 4.39 Å². The Morgan fingerprint density at radius 1 is 1.40 bits per heavy atom. The molecule has 2 heterocycles. The molecule has 1 atom stereocenters. The van der Waals surface area contributed by atoms with Gasteiger partial charge >= 0.3 is 5.69 Å². The fraction of sp³-hybridized carbons (Fsp3) is 0.200. The fourth-order valence-electron chi connectivity index (χ4n) is 2.30. The van der Waals surface area contributed by atoms with Gasteiger partial charge in [-0.1, -0.05) is 29.3 Å². The number of amides is 1. The predicted octanol–water partition coefficient (Wildman–Crippen LogP) is 2.21. The van der Waals surface area contributed by atoms with Gasteiger partial charge in [0.15, 0.2) is 5.65 Å². The first kappa shape index (κ1) is 17.4. The SMILES string of the molecule is C[C@H](NC(=O)Cn1nc2cnc(Cl)cn2c1=O)c1ccc(Cl)c(F)c1. The zero-order valence-electron chi connectivity index (χ0n) is 12.9. The fourth-order valence-corrected chi connectivity index (χ4v) is 2.56. The highest BCUT2D eigenvalue weighted by Gasteiger charge is 2.15. The maximum absolute atomic E-state index is 13.5. The second-order valence-electron chi connectivity index (χ2n) is 5.34. The second-order valence-corrected chi connectivity index (χ2v) is 6.14. The number of hydrogen-bond donors (Lipinski definition) is 1. The Bertz CT molecular complexity index is 1020. The van der Waals surface area contributed by atoms with E-state index in [1.165, 1.54) is 28.9 Å². The number of nitrogens with zero attached hydrogens (tertiary/aromatic N) is 4. The van der Waals surface area contributed by atoms with Crippen LogP contribution in [0.5, 0.6) is 0 Å². The summed E-state index contributed by atoms with van der Waals surface area (Å²) in [5, 5.41) is 6.82. The van der Waals surface area contributed by atoms with Crippen molar-refractivity contribution in [3.05, 3.63) is 62.6 Å². The van der Waals surface area contributed by atoms with Gasteiger partial charge in [0.05, 0.1) is 23.5 Å². The van der Waals surface area contributed by atoms with Crippen LogP contribution in [-0.4, -0.2) is 25.1 Å². The Morgan fingerprint density at radius 3 is 2.88 bits per heavy atom. The minimum Gasteiger partial charge on any atom is -0.348 e. The van der Waals surface area contributed by atoms with E-state index in [-0.39, 0.29) is 22.4 Å². The summed E-state index contributed by atoms with van der Waals surface area (Å²) in [6, 6.07) is 3.81. The number of nitrogens with one attached hydrogen (secondary N) is 1. The monoisotopic (exact) mass is 383 g/mol. The molecule has 25 heavy (non-hydrogen) atoms. The molecule has 0 aliphatic carbocycles. The lowest BCUT2D eigenvalue weighted by atomic mass is 10.1. The van der Waals surface area contributed by atoms with E-state index in [2.05, 4.69) is 15.4 Å². The Labute approximate surface area is 151 Å². The molecule has 0 fully saturated rings. The number of carbonyl (C=O) groups excluding carboxylic acids is 1. The van der Waals surface area contributed by atoms with Crippen molar-refractivity contribution in [1.29, 1.82) is 0 Å². The Kier molecular flexibility index (Phi) is 4.73. The van der Waals surface area contributed by atoms with E-state index < -0.39 is 23.5 Å². The van der Waals surface area contributed by atoms with Gasteiger partial charge in [-0.25, -0.2) is 23.3 Å². The smallest absolute Gasteiger partial charge is 0.348 e. The lowest BCUT2D eigenvalue weighted by Crippen LogP contribution is -2.34. The molecule has 0 unspecified atom stereocenters. The third-order valence-corrected chi connectivity index (χ3v) is 4.05. The summed E-state index contributed by atoms with van der Waals surface area (Å²) in [7, 11) is 0. The molecule has 2 aromatic heterocycles. The first-order valence-corrected chi connectivity index (χ1v) is 7.96. The van der Waals surface area contributed by atoms with Crippen LogP contribution in [0.15, 0.2) is 35.4 Å². The predicted molar refractivity (Wildman–Crippen MR) is 90.2 cm³/mol. The minimum absolute atomic E-state index is 0.00537. The molecule has 0 bridgehead atoms. The molecule has 1 N–H and O–H groups in total. The lowest BCUT2D eigenvalue weighted by molar-refractivity contribution is -0.122. The number of aromatic nitrogens is 4. The normalized spacial score (nSPS) is 12.3. The van der Waals surface area contributed by atoms with Gasteiger partial charge in [0.2, 0.25) is 5.91 Å². The number of carbonyl (C=O) groups is 1.